The Bertz CT molecular complexity index is 302. The Hall–Kier alpha value is -0.820. The Morgan fingerprint density at radius 2 is 1.75 bits per heavy atom. The molecule has 1 aromatic carbocycles. The van der Waals surface area contributed by atoms with Crippen molar-refractivity contribution in [3.63, 3.8) is 0 Å². The van der Waals surface area contributed by atoms with Gasteiger partial charge in [-0.15, -0.1) is 0 Å². The fourth-order valence-corrected chi connectivity index (χ4v) is 2.26. The lowest BCUT2D eigenvalue weighted by Crippen LogP contribution is -2.19. The lowest BCUT2D eigenvalue weighted by Gasteiger charge is -2.20. The quantitative estimate of drug-likeness (QED) is 0.774. The normalized spacial score (nSPS) is 13.1. The lowest BCUT2D eigenvalue weighted by molar-refractivity contribution is 0.0945. The molecule has 0 aliphatic rings. The standard InChI is InChI=1S/C15H24O/c1-4-13(5-2)15(16)11-10-14-9-7-6-8-12(14)3/h6-9,13,15-16H,4-5,10-11H2,1-3H3. The van der Waals surface area contributed by atoms with Crippen molar-refractivity contribution in [2.45, 2.75) is 52.6 Å². The van der Waals surface area contributed by atoms with Gasteiger partial charge in [-0.25, -0.2) is 0 Å². The molecule has 1 atom stereocenters. The van der Waals surface area contributed by atoms with Gasteiger partial charge in [0, 0.05) is 0 Å². The van der Waals surface area contributed by atoms with Crippen molar-refractivity contribution >= 4 is 0 Å². The van der Waals surface area contributed by atoms with Crippen LogP contribution in [0.2, 0.25) is 0 Å². The average molecular weight is 220 g/mol. The highest BCUT2D eigenvalue weighted by atomic mass is 16.3. The van der Waals surface area contributed by atoms with E-state index in [0.29, 0.717) is 5.92 Å². The van der Waals surface area contributed by atoms with Crippen LogP contribution < -0.4 is 0 Å². The van der Waals surface area contributed by atoms with Crippen molar-refractivity contribution in [3.05, 3.63) is 35.4 Å². The summed E-state index contributed by atoms with van der Waals surface area (Å²) in [5.74, 6) is 0.462. The SMILES string of the molecule is CCC(CC)C(O)CCc1ccccc1C. The van der Waals surface area contributed by atoms with Crippen LogP contribution in [0.1, 0.15) is 44.2 Å². The van der Waals surface area contributed by atoms with Gasteiger partial charge < -0.3 is 5.11 Å². The first-order chi connectivity index (χ1) is 7.69. The topological polar surface area (TPSA) is 20.2 Å². The molecule has 1 aromatic rings. The zero-order valence-corrected chi connectivity index (χ0v) is 10.7. The molecule has 0 aliphatic carbocycles. The summed E-state index contributed by atoms with van der Waals surface area (Å²) < 4.78 is 0. The van der Waals surface area contributed by atoms with E-state index in [1.807, 2.05) is 0 Å². The molecule has 1 N–H and O–H groups in total. The highest BCUT2D eigenvalue weighted by Gasteiger charge is 2.15. The molecule has 0 amide bonds. The van der Waals surface area contributed by atoms with Crippen LogP contribution in [0, 0.1) is 12.8 Å². The van der Waals surface area contributed by atoms with Crippen molar-refractivity contribution < 1.29 is 5.11 Å². The van der Waals surface area contributed by atoms with Crippen LogP contribution in [0.4, 0.5) is 0 Å². The summed E-state index contributed by atoms with van der Waals surface area (Å²) in [6.45, 7) is 6.45. The molecule has 1 nitrogen and oxygen atoms in total. The molecule has 0 aromatic heterocycles. The van der Waals surface area contributed by atoms with Gasteiger partial charge in [0.1, 0.15) is 0 Å². The van der Waals surface area contributed by atoms with Crippen molar-refractivity contribution in [2.75, 3.05) is 0 Å². The van der Waals surface area contributed by atoms with E-state index in [1.165, 1.54) is 11.1 Å². The number of aliphatic hydroxyl groups excluding tert-OH is 1. The third-order valence-electron chi connectivity index (χ3n) is 3.56. The third-order valence-corrected chi connectivity index (χ3v) is 3.56. The number of aryl methyl sites for hydroxylation is 2. The summed E-state index contributed by atoms with van der Waals surface area (Å²) in [5.41, 5.74) is 2.70. The van der Waals surface area contributed by atoms with E-state index in [4.69, 9.17) is 0 Å². The summed E-state index contributed by atoms with van der Waals surface area (Å²) in [7, 11) is 0. The van der Waals surface area contributed by atoms with E-state index in [9.17, 15) is 5.11 Å². The Morgan fingerprint density at radius 3 is 2.31 bits per heavy atom. The Balaban J connectivity index is 2.48. The molecular formula is C15H24O. The van der Waals surface area contributed by atoms with Crippen LogP contribution in [0.15, 0.2) is 24.3 Å². The smallest absolute Gasteiger partial charge is 0.0571 e. The van der Waals surface area contributed by atoms with Crippen LogP contribution in [0.25, 0.3) is 0 Å². The van der Waals surface area contributed by atoms with Gasteiger partial charge in [0.05, 0.1) is 6.10 Å². The predicted octanol–water partition coefficient (Wildman–Crippen LogP) is 3.72. The second-order valence-electron chi connectivity index (χ2n) is 4.61. The van der Waals surface area contributed by atoms with E-state index >= 15 is 0 Å². The minimum Gasteiger partial charge on any atom is -0.393 e. The zero-order chi connectivity index (χ0) is 12.0. The van der Waals surface area contributed by atoms with Crippen LogP contribution >= 0.6 is 0 Å². The third kappa shape index (κ3) is 3.64. The van der Waals surface area contributed by atoms with Gasteiger partial charge in [0.25, 0.3) is 0 Å². The van der Waals surface area contributed by atoms with Crippen LogP contribution in [0.3, 0.4) is 0 Å². The largest absolute Gasteiger partial charge is 0.393 e. The minimum absolute atomic E-state index is 0.144. The second-order valence-corrected chi connectivity index (χ2v) is 4.61. The molecule has 0 heterocycles. The second kappa shape index (κ2) is 6.70. The van der Waals surface area contributed by atoms with Crippen LogP contribution in [0.5, 0.6) is 0 Å². The lowest BCUT2D eigenvalue weighted by atomic mass is 9.91. The molecule has 0 saturated heterocycles. The van der Waals surface area contributed by atoms with Crippen LogP contribution in [-0.4, -0.2) is 11.2 Å². The molecule has 0 bridgehead atoms. The fourth-order valence-electron chi connectivity index (χ4n) is 2.26. The first-order valence-corrected chi connectivity index (χ1v) is 6.41. The van der Waals surface area contributed by atoms with Gasteiger partial charge in [-0.1, -0.05) is 51.0 Å². The van der Waals surface area contributed by atoms with Crippen LogP contribution in [-0.2, 0) is 6.42 Å². The molecule has 1 heteroatoms. The number of hydrogen-bond acceptors (Lipinski definition) is 1. The van der Waals surface area contributed by atoms with Crippen molar-refractivity contribution in [1.29, 1.82) is 0 Å². The number of benzene rings is 1. The molecule has 90 valence electrons. The highest BCUT2D eigenvalue weighted by Crippen LogP contribution is 2.18. The summed E-state index contributed by atoms with van der Waals surface area (Å²) in [4.78, 5) is 0. The van der Waals surface area contributed by atoms with E-state index in [1.54, 1.807) is 0 Å². The minimum atomic E-state index is -0.144. The van der Waals surface area contributed by atoms with Crippen molar-refractivity contribution in [1.82, 2.24) is 0 Å². The zero-order valence-electron chi connectivity index (χ0n) is 10.7. The van der Waals surface area contributed by atoms with Crippen molar-refractivity contribution in [2.24, 2.45) is 5.92 Å². The highest BCUT2D eigenvalue weighted by molar-refractivity contribution is 5.25. The first kappa shape index (κ1) is 13.2. The fraction of sp³-hybridized carbons (Fsp3) is 0.600. The molecular weight excluding hydrogens is 196 g/mol. The van der Waals surface area contributed by atoms with Crippen molar-refractivity contribution in [3.8, 4) is 0 Å². The molecule has 0 aliphatic heterocycles. The molecule has 0 spiro atoms. The van der Waals surface area contributed by atoms with Gasteiger partial charge in [-0.05, 0) is 36.8 Å². The van der Waals surface area contributed by atoms with E-state index < -0.39 is 0 Å². The maximum atomic E-state index is 10.1. The van der Waals surface area contributed by atoms with Gasteiger partial charge in [-0.2, -0.15) is 0 Å². The Labute approximate surface area is 99.5 Å². The van der Waals surface area contributed by atoms with Gasteiger partial charge in [0.2, 0.25) is 0 Å². The Kier molecular flexibility index (Phi) is 5.54. The molecule has 0 fully saturated rings. The summed E-state index contributed by atoms with van der Waals surface area (Å²) in [6.07, 6.45) is 3.88. The molecule has 16 heavy (non-hydrogen) atoms. The first-order valence-electron chi connectivity index (χ1n) is 6.41. The molecule has 0 saturated carbocycles. The van der Waals surface area contributed by atoms with E-state index in [2.05, 4.69) is 45.0 Å². The van der Waals surface area contributed by atoms with E-state index in [0.717, 1.165) is 25.7 Å². The monoisotopic (exact) mass is 220 g/mol. The number of rotatable bonds is 6. The number of hydrogen-bond donors (Lipinski definition) is 1. The summed E-state index contributed by atoms with van der Waals surface area (Å²) in [6, 6.07) is 8.44. The van der Waals surface area contributed by atoms with Gasteiger partial charge in [0.15, 0.2) is 0 Å². The maximum absolute atomic E-state index is 10.1. The predicted molar refractivity (Wildman–Crippen MR) is 69.6 cm³/mol. The summed E-state index contributed by atoms with van der Waals surface area (Å²) >= 11 is 0. The van der Waals surface area contributed by atoms with Gasteiger partial charge >= 0.3 is 0 Å². The summed E-state index contributed by atoms with van der Waals surface area (Å²) in [5, 5.41) is 10.1. The molecule has 1 rings (SSSR count). The average Bonchev–Trinajstić information content (AvgIpc) is 2.29. The Morgan fingerprint density at radius 1 is 1.12 bits per heavy atom. The van der Waals surface area contributed by atoms with Gasteiger partial charge in [-0.3, -0.25) is 0 Å². The number of aliphatic hydroxyl groups is 1. The van der Waals surface area contributed by atoms with E-state index in [-0.39, 0.29) is 6.10 Å². The maximum Gasteiger partial charge on any atom is 0.0571 e. The molecule has 1 unspecified atom stereocenters. The molecule has 0 radical (unpaired) electrons.